The molecule has 1 N–H and O–H groups in total. The van der Waals surface area contributed by atoms with Gasteiger partial charge in [-0.25, -0.2) is 0 Å². The molecule has 1 amide bonds. The molecule has 1 aromatic rings. The second kappa shape index (κ2) is 4.36. The van der Waals surface area contributed by atoms with E-state index in [0.29, 0.717) is 6.54 Å². The van der Waals surface area contributed by atoms with E-state index < -0.39 is 0 Å². The van der Waals surface area contributed by atoms with Crippen LogP contribution >= 0.6 is 15.9 Å². The number of hydrogen-bond donors (Lipinski definition) is 1. The summed E-state index contributed by atoms with van der Waals surface area (Å²) in [7, 11) is 1.83. The molecule has 1 unspecified atom stereocenters. The first-order chi connectivity index (χ1) is 6.11. The Morgan fingerprint density at radius 1 is 1.85 bits per heavy atom. The fourth-order valence-electron chi connectivity index (χ4n) is 0.774. The average Bonchev–Trinajstić information content (AvgIpc) is 2.47. The first-order valence-corrected chi connectivity index (χ1v) is 4.77. The predicted molar refractivity (Wildman–Crippen MR) is 51.2 cm³/mol. The summed E-state index contributed by atoms with van der Waals surface area (Å²) in [4.78, 5) is 11.0. The maximum atomic E-state index is 11.1. The highest BCUT2D eigenvalue weighted by atomic mass is 79.9. The number of rotatable bonds is 3. The monoisotopic (exact) mass is 246 g/mol. The quantitative estimate of drug-likeness (QED) is 0.777. The van der Waals surface area contributed by atoms with Gasteiger partial charge in [0.2, 0.25) is 5.91 Å². The summed E-state index contributed by atoms with van der Waals surface area (Å²) in [5.74, 6) is 0.685. The van der Waals surface area contributed by atoms with Crippen LogP contribution in [0.1, 0.15) is 12.7 Å². The Balaban J connectivity index is 2.44. The molecule has 72 valence electrons. The van der Waals surface area contributed by atoms with Crippen LogP contribution in [0.15, 0.2) is 6.33 Å². The second-order valence-electron chi connectivity index (χ2n) is 2.69. The van der Waals surface area contributed by atoms with Gasteiger partial charge in [-0.2, -0.15) is 0 Å². The molecule has 1 aromatic heterocycles. The van der Waals surface area contributed by atoms with Gasteiger partial charge in [0.25, 0.3) is 0 Å². The molecule has 1 rings (SSSR count). The zero-order valence-corrected chi connectivity index (χ0v) is 9.08. The number of hydrogen-bond acceptors (Lipinski definition) is 3. The summed E-state index contributed by atoms with van der Waals surface area (Å²) in [6, 6.07) is 0. The van der Waals surface area contributed by atoms with Gasteiger partial charge in [0.05, 0.1) is 11.4 Å². The molecule has 0 aliphatic rings. The molecule has 0 saturated carbocycles. The molecule has 0 radical (unpaired) electrons. The van der Waals surface area contributed by atoms with Crippen molar-refractivity contribution >= 4 is 21.8 Å². The fourth-order valence-corrected chi connectivity index (χ4v) is 0.936. The van der Waals surface area contributed by atoms with Crippen molar-refractivity contribution in [2.24, 2.45) is 7.05 Å². The molecule has 0 aromatic carbocycles. The molecule has 1 atom stereocenters. The van der Waals surface area contributed by atoms with E-state index in [1.54, 1.807) is 17.8 Å². The van der Waals surface area contributed by atoms with Crippen LogP contribution in [0.2, 0.25) is 0 Å². The number of aryl methyl sites for hydroxylation is 1. The van der Waals surface area contributed by atoms with Gasteiger partial charge in [-0.3, -0.25) is 4.79 Å². The van der Waals surface area contributed by atoms with Gasteiger partial charge < -0.3 is 9.88 Å². The first kappa shape index (κ1) is 10.2. The number of alkyl halides is 1. The van der Waals surface area contributed by atoms with Crippen LogP contribution in [0.25, 0.3) is 0 Å². The summed E-state index contributed by atoms with van der Waals surface area (Å²) in [6.45, 7) is 2.18. The third-order valence-electron chi connectivity index (χ3n) is 1.59. The van der Waals surface area contributed by atoms with Crippen LogP contribution in [-0.4, -0.2) is 25.5 Å². The summed E-state index contributed by atoms with van der Waals surface area (Å²) in [6.07, 6.45) is 1.60. The smallest absolute Gasteiger partial charge is 0.233 e. The summed E-state index contributed by atoms with van der Waals surface area (Å²) < 4.78 is 1.76. The van der Waals surface area contributed by atoms with Crippen molar-refractivity contribution in [1.29, 1.82) is 0 Å². The lowest BCUT2D eigenvalue weighted by Crippen LogP contribution is -2.29. The average molecular weight is 247 g/mol. The predicted octanol–water partition coefficient (Wildman–Crippen LogP) is 0.215. The molecule has 6 heteroatoms. The van der Waals surface area contributed by atoms with Crippen LogP contribution in [-0.2, 0) is 18.4 Å². The van der Waals surface area contributed by atoms with E-state index in [-0.39, 0.29) is 10.7 Å². The standard InChI is InChI=1S/C7H11BrN4O/c1-5(8)7(13)9-3-6-11-10-4-12(6)2/h4-5H,3H2,1-2H3,(H,9,13). The van der Waals surface area contributed by atoms with Gasteiger partial charge in [-0.15, -0.1) is 10.2 Å². The van der Waals surface area contributed by atoms with Gasteiger partial charge in [0.15, 0.2) is 5.82 Å². The van der Waals surface area contributed by atoms with E-state index >= 15 is 0 Å². The summed E-state index contributed by atoms with van der Waals surface area (Å²) in [5.41, 5.74) is 0. The Bertz CT molecular complexity index is 296. The van der Waals surface area contributed by atoms with Gasteiger partial charge in [-0.05, 0) is 6.92 Å². The summed E-state index contributed by atoms with van der Waals surface area (Å²) >= 11 is 3.17. The zero-order chi connectivity index (χ0) is 9.84. The minimum Gasteiger partial charge on any atom is -0.348 e. The maximum Gasteiger partial charge on any atom is 0.233 e. The van der Waals surface area contributed by atoms with Crippen LogP contribution in [0.3, 0.4) is 0 Å². The number of amides is 1. The van der Waals surface area contributed by atoms with E-state index in [2.05, 4.69) is 31.4 Å². The molecule has 0 bridgehead atoms. The van der Waals surface area contributed by atoms with Crippen molar-refractivity contribution in [2.75, 3.05) is 0 Å². The number of nitrogens with zero attached hydrogens (tertiary/aromatic N) is 3. The van der Waals surface area contributed by atoms with E-state index in [9.17, 15) is 4.79 Å². The molecular weight excluding hydrogens is 236 g/mol. The fraction of sp³-hybridized carbons (Fsp3) is 0.571. The van der Waals surface area contributed by atoms with E-state index in [4.69, 9.17) is 0 Å². The Morgan fingerprint density at radius 3 is 3.00 bits per heavy atom. The first-order valence-electron chi connectivity index (χ1n) is 3.86. The van der Waals surface area contributed by atoms with Crippen LogP contribution in [0.4, 0.5) is 0 Å². The summed E-state index contributed by atoms with van der Waals surface area (Å²) in [5, 5.41) is 10.2. The van der Waals surface area contributed by atoms with Crippen molar-refractivity contribution in [1.82, 2.24) is 20.1 Å². The Morgan fingerprint density at radius 2 is 2.54 bits per heavy atom. The van der Waals surface area contributed by atoms with Crippen LogP contribution in [0, 0.1) is 0 Å². The van der Waals surface area contributed by atoms with Crippen LogP contribution in [0.5, 0.6) is 0 Å². The number of aromatic nitrogens is 3. The Hall–Kier alpha value is -0.910. The van der Waals surface area contributed by atoms with Gasteiger partial charge >= 0.3 is 0 Å². The minimum atomic E-state index is -0.180. The highest BCUT2D eigenvalue weighted by Crippen LogP contribution is 1.97. The van der Waals surface area contributed by atoms with Crippen LogP contribution < -0.4 is 5.32 Å². The largest absolute Gasteiger partial charge is 0.348 e. The number of carbonyl (C=O) groups is 1. The lowest BCUT2D eigenvalue weighted by atomic mass is 10.4. The van der Waals surface area contributed by atoms with E-state index in [1.807, 2.05) is 7.05 Å². The van der Waals surface area contributed by atoms with Crippen molar-refractivity contribution in [3.63, 3.8) is 0 Å². The molecule has 1 heterocycles. The lowest BCUT2D eigenvalue weighted by molar-refractivity contribution is -0.120. The molecule has 0 aliphatic heterocycles. The highest BCUT2D eigenvalue weighted by Gasteiger charge is 2.08. The highest BCUT2D eigenvalue weighted by molar-refractivity contribution is 9.10. The molecule has 0 aliphatic carbocycles. The minimum absolute atomic E-state index is 0.0528. The molecule has 0 spiro atoms. The van der Waals surface area contributed by atoms with Crippen molar-refractivity contribution < 1.29 is 4.79 Å². The Labute approximate surface area is 84.7 Å². The third-order valence-corrected chi connectivity index (χ3v) is 2.00. The molecule has 0 fully saturated rings. The van der Waals surface area contributed by atoms with Crippen molar-refractivity contribution in [3.8, 4) is 0 Å². The number of carbonyl (C=O) groups excluding carboxylic acids is 1. The Kier molecular flexibility index (Phi) is 3.41. The van der Waals surface area contributed by atoms with Crippen molar-refractivity contribution in [3.05, 3.63) is 12.2 Å². The number of halogens is 1. The SMILES string of the molecule is CC(Br)C(=O)NCc1nncn1C. The van der Waals surface area contributed by atoms with Crippen molar-refractivity contribution in [2.45, 2.75) is 18.3 Å². The molecule has 0 saturated heterocycles. The topological polar surface area (TPSA) is 59.8 Å². The molecular formula is C7H11BrN4O. The van der Waals surface area contributed by atoms with E-state index in [0.717, 1.165) is 5.82 Å². The normalized spacial score (nSPS) is 12.5. The van der Waals surface area contributed by atoms with Gasteiger partial charge in [-0.1, -0.05) is 15.9 Å². The van der Waals surface area contributed by atoms with E-state index in [1.165, 1.54) is 0 Å². The molecule has 5 nitrogen and oxygen atoms in total. The van der Waals surface area contributed by atoms with Gasteiger partial charge in [0, 0.05) is 7.05 Å². The maximum absolute atomic E-state index is 11.1. The zero-order valence-electron chi connectivity index (χ0n) is 7.49. The van der Waals surface area contributed by atoms with Gasteiger partial charge in [0.1, 0.15) is 6.33 Å². The second-order valence-corrected chi connectivity index (χ2v) is 4.07. The number of nitrogens with one attached hydrogen (secondary N) is 1. The lowest BCUT2D eigenvalue weighted by Gasteiger charge is -2.05. The third kappa shape index (κ3) is 2.80. The molecule has 13 heavy (non-hydrogen) atoms.